The third-order valence-corrected chi connectivity index (χ3v) is 6.92. The first-order chi connectivity index (χ1) is 13.7. The largest absolute Gasteiger partial charge is 0.298 e. The van der Waals surface area contributed by atoms with E-state index in [9.17, 15) is 4.79 Å². The Morgan fingerprint density at radius 2 is 2.11 bits per heavy atom. The quantitative estimate of drug-likeness (QED) is 0.591. The van der Waals surface area contributed by atoms with Gasteiger partial charge in [0.15, 0.2) is 0 Å². The van der Waals surface area contributed by atoms with Crippen LogP contribution in [0.2, 0.25) is 0 Å². The molecule has 3 aliphatic heterocycles. The van der Waals surface area contributed by atoms with E-state index in [1.165, 1.54) is 0 Å². The Kier molecular flexibility index (Phi) is 4.74. The number of halogens is 1. The molecule has 3 aromatic rings. The highest BCUT2D eigenvalue weighted by Gasteiger charge is 2.31. The molecule has 3 aliphatic rings. The summed E-state index contributed by atoms with van der Waals surface area (Å²) in [5, 5.41) is 7.35. The average Bonchev–Trinajstić information content (AvgIpc) is 3.27. The third-order valence-electron chi connectivity index (χ3n) is 5.53. The molecule has 0 radical (unpaired) electrons. The van der Waals surface area contributed by atoms with Crippen LogP contribution in [0.3, 0.4) is 0 Å². The van der Waals surface area contributed by atoms with Crippen LogP contribution in [0, 0.1) is 5.92 Å². The van der Waals surface area contributed by atoms with Crippen LogP contribution in [0.5, 0.6) is 0 Å². The van der Waals surface area contributed by atoms with Gasteiger partial charge in [-0.1, -0.05) is 22.0 Å². The van der Waals surface area contributed by atoms with Gasteiger partial charge in [-0.25, -0.2) is 10.4 Å². The molecule has 0 unspecified atom stereocenters. The summed E-state index contributed by atoms with van der Waals surface area (Å²) in [5.41, 5.74) is 6.13. The Balaban J connectivity index is 1.51. The number of hydrogen-bond donors (Lipinski definition) is 1. The zero-order valence-corrected chi connectivity index (χ0v) is 17.6. The lowest BCUT2D eigenvalue weighted by Crippen LogP contribution is -2.48. The monoisotopic (exact) mass is 454 g/mol. The number of carbonyl (C=O) groups excluding carboxylic acids is 1. The predicted octanol–water partition coefficient (Wildman–Crippen LogP) is 4.54. The van der Waals surface area contributed by atoms with Crippen LogP contribution in [-0.4, -0.2) is 41.1 Å². The fourth-order valence-corrected chi connectivity index (χ4v) is 5.08. The van der Waals surface area contributed by atoms with E-state index in [1.54, 1.807) is 11.3 Å². The van der Waals surface area contributed by atoms with Crippen LogP contribution in [0.1, 0.15) is 23.2 Å². The number of hydrazone groups is 1. The van der Waals surface area contributed by atoms with Crippen molar-refractivity contribution in [3.8, 4) is 10.6 Å². The van der Waals surface area contributed by atoms with Crippen molar-refractivity contribution in [2.24, 2.45) is 11.0 Å². The van der Waals surface area contributed by atoms with Gasteiger partial charge in [-0.15, -0.1) is 11.3 Å². The number of nitrogens with one attached hydrogen (secondary N) is 1. The number of hydrogen-bond acceptors (Lipinski definition) is 5. The number of piperidine rings is 3. The highest BCUT2D eigenvalue weighted by atomic mass is 79.9. The van der Waals surface area contributed by atoms with Gasteiger partial charge in [-0.2, -0.15) is 5.10 Å². The van der Waals surface area contributed by atoms with Gasteiger partial charge in [-0.3, -0.25) is 9.69 Å². The van der Waals surface area contributed by atoms with Crippen LogP contribution < -0.4 is 5.43 Å². The smallest absolute Gasteiger partial charge is 0.272 e. The molecule has 1 aromatic carbocycles. The topological polar surface area (TPSA) is 57.6 Å². The molecule has 1 amide bonds. The van der Waals surface area contributed by atoms with E-state index in [1.807, 2.05) is 41.8 Å². The van der Waals surface area contributed by atoms with Crippen molar-refractivity contribution in [2.75, 3.05) is 19.6 Å². The summed E-state index contributed by atoms with van der Waals surface area (Å²) in [5.74, 6) is 0.322. The second-order valence-electron chi connectivity index (χ2n) is 7.29. The number of fused-ring (bicyclic) bond motifs is 4. The minimum atomic E-state index is -0.188. The Hall–Kier alpha value is -2.09. The van der Waals surface area contributed by atoms with E-state index >= 15 is 0 Å². The van der Waals surface area contributed by atoms with Gasteiger partial charge < -0.3 is 0 Å². The number of pyridine rings is 1. The third kappa shape index (κ3) is 3.38. The van der Waals surface area contributed by atoms with Gasteiger partial charge in [0.25, 0.3) is 5.91 Å². The Labute approximate surface area is 175 Å². The van der Waals surface area contributed by atoms with Gasteiger partial charge >= 0.3 is 0 Å². The number of thiophene rings is 1. The normalized spacial score (nSPS) is 22.7. The summed E-state index contributed by atoms with van der Waals surface area (Å²) >= 11 is 5.12. The molecule has 5 nitrogen and oxygen atoms in total. The maximum Gasteiger partial charge on any atom is 0.272 e. The Morgan fingerprint density at radius 3 is 2.82 bits per heavy atom. The summed E-state index contributed by atoms with van der Waals surface area (Å²) in [6, 6.07) is 11.7. The first-order valence-corrected chi connectivity index (χ1v) is 11.1. The van der Waals surface area contributed by atoms with Gasteiger partial charge in [0.1, 0.15) is 0 Å². The molecule has 7 heteroatoms. The highest BCUT2D eigenvalue weighted by molar-refractivity contribution is 9.10. The second-order valence-corrected chi connectivity index (χ2v) is 9.15. The van der Waals surface area contributed by atoms with Crippen molar-refractivity contribution < 1.29 is 4.79 Å². The summed E-state index contributed by atoms with van der Waals surface area (Å²) < 4.78 is 0.920. The average molecular weight is 455 g/mol. The number of benzene rings is 1. The molecule has 28 heavy (non-hydrogen) atoms. The molecular formula is C21H19BrN4OS. The predicted molar refractivity (Wildman–Crippen MR) is 117 cm³/mol. The Bertz CT molecular complexity index is 1070. The standard InChI is InChI=1S/C21H19BrN4OS/c22-14-3-4-17-15(10-14)16(11-18(23-17)20-2-1-9-28-20)21(27)25-24-19-12-26-7-5-13(19)6-8-26/h1-4,9-11,13H,5-8,12H2,(H,25,27)/b24-19+. The van der Waals surface area contributed by atoms with Gasteiger partial charge in [0.05, 0.1) is 27.4 Å². The molecule has 0 spiro atoms. The van der Waals surface area contributed by atoms with Crippen LogP contribution in [0.15, 0.2) is 51.4 Å². The SMILES string of the molecule is O=C(N/N=C1\CN2CCC1CC2)c1cc(-c2cccs2)nc2ccc(Br)cc12. The van der Waals surface area contributed by atoms with E-state index in [0.29, 0.717) is 11.5 Å². The molecule has 2 bridgehead atoms. The van der Waals surface area contributed by atoms with Gasteiger partial charge in [0.2, 0.25) is 0 Å². The number of amides is 1. The van der Waals surface area contributed by atoms with Crippen molar-refractivity contribution in [2.45, 2.75) is 12.8 Å². The van der Waals surface area contributed by atoms with Crippen LogP contribution in [0.25, 0.3) is 21.5 Å². The first-order valence-electron chi connectivity index (χ1n) is 9.41. The zero-order chi connectivity index (χ0) is 19.1. The van der Waals surface area contributed by atoms with Crippen molar-refractivity contribution in [1.82, 2.24) is 15.3 Å². The first kappa shape index (κ1) is 18.0. The van der Waals surface area contributed by atoms with Gasteiger partial charge in [-0.05, 0) is 61.6 Å². The Morgan fingerprint density at radius 1 is 1.25 bits per heavy atom. The lowest BCUT2D eigenvalue weighted by Gasteiger charge is -2.39. The summed E-state index contributed by atoms with van der Waals surface area (Å²) in [4.78, 5) is 21.3. The van der Waals surface area contributed by atoms with E-state index in [0.717, 1.165) is 64.1 Å². The lowest BCUT2D eigenvalue weighted by molar-refractivity contribution is 0.0955. The minimum Gasteiger partial charge on any atom is -0.298 e. The summed E-state index contributed by atoms with van der Waals surface area (Å²) in [6.07, 6.45) is 2.28. The van der Waals surface area contributed by atoms with Crippen molar-refractivity contribution in [3.05, 3.63) is 51.8 Å². The van der Waals surface area contributed by atoms with Crippen molar-refractivity contribution in [1.29, 1.82) is 0 Å². The van der Waals surface area contributed by atoms with E-state index in [4.69, 9.17) is 4.98 Å². The van der Waals surface area contributed by atoms with Gasteiger partial charge in [0, 0.05) is 22.3 Å². The highest BCUT2D eigenvalue weighted by Crippen LogP contribution is 2.30. The maximum absolute atomic E-state index is 13.1. The number of rotatable bonds is 3. The second kappa shape index (κ2) is 7.39. The minimum absolute atomic E-state index is 0.188. The lowest BCUT2D eigenvalue weighted by atomic mass is 9.87. The zero-order valence-electron chi connectivity index (χ0n) is 15.2. The summed E-state index contributed by atoms with van der Waals surface area (Å²) in [6.45, 7) is 3.16. The molecule has 142 valence electrons. The molecule has 1 N–H and O–H groups in total. The molecule has 3 saturated heterocycles. The van der Waals surface area contributed by atoms with E-state index in [-0.39, 0.29) is 5.91 Å². The van der Waals surface area contributed by atoms with Crippen molar-refractivity contribution in [3.63, 3.8) is 0 Å². The molecule has 2 aromatic heterocycles. The number of aromatic nitrogens is 1. The van der Waals surface area contributed by atoms with E-state index < -0.39 is 0 Å². The molecule has 0 atom stereocenters. The van der Waals surface area contributed by atoms with Crippen LogP contribution in [-0.2, 0) is 0 Å². The fraction of sp³-hybridized carbons (Fsp3) is 0.286. The molecule has 0 saturated carbocycles. The molecule has 3 fully saturated rings. The molecule has 6 rings (SSSR count). The maximum atomic E-state index is 13.1. The van der Waals surface area contributed by atoms with Crippen molar-refractivity contribution >= 4 is 49.8 Å². The van der Waals surface area contributed by atoms with E-state index in [2.05, 4.69) is 31.4 Å². The molecule has 0 aliphatic carbocycles. The number of carbonyl (C=O) groups is 1. The number of nitrogens with zero attached hydrogens (tertiary/aromatic N) is 3. The van der Waals surface area contributed by atoms with Crippen LogP contribution >= 0.6 is 27.3 Å². The fourth-order valence-electron chi connectivity index (χ4n) is 4.03. The molecule has 5 heterocycles. The molecular weight excluding hydrogens is 436 g/mol. The summed E-state index contributed by atoms with van der Waals surface area (Å²) in [7, 11) is 0. The van der Waals surface area contributed by atoms with Crippen LogP contribution in [0.4, 0.5) is 0 Å².